The first-order valence-corrected chi connectivity index (χ1v) is 50.9. The highest BCUT2D eigenvalue weighted by Gasteiger charge is 2.73. The molecule has 5 saturated heterocycles. The molecule has 5 aliphatic heterocycles. The van der Waals surface area contributed by atoms with E-state index in [2.05, 4.69) is 63.1 Å². The van der Waals surface area contributed by atoms with E-state index >= 15 is 0 Å². The number of nitrogens with one attached hydrogen (secondary N) is 10. The Kier molecular flexibility index (Phi) is 34.4. The predicted octanol–water partition coefficient (Wildman–Crippen LogP) is 3.79. The van der Waals surface area contributed by atoms with Gasteiger partial charge in [0.15, 0.2) is 0 Å². The van der Waals surface area contributed by atoms with Crippen molar-refractivity contribution in [1.29, 1.82) is 0 Å². The Bertz CT molecular complexity index is 5120. The lowest BCUT2D eigenvalue weighted by Gasteiger charge is -2.39. The molecule has 790 valence electrons. The third kappa shape index (κ3) is 26.5. The van der Waals surface area contributed by atoms with Crippen molar-refractivity contribution in [1.82, 2.24) is 87.6 Å². The molecule has 18 atom stereocenters. The summed E-state index contributed by atoms with van der Waals surface area (Å²) in [6, 6.07) is -5.30. The summed E-state index contributed by atoms with van der Waals surface area (Å²) in [5.74, 6) is -9.48. The van der Waals surface area contributed by atoms with E-state index in [-0.39, 0.29) is 117 Å². The number of benzene rings is 1. The summed E-state index contributed by atoms with van der Waals surface area (Å²) in [4.78, 5) is 258. The number of rotatable bonds is 36. The number of likely N-dealkylation sites (tertiary alicyclic amines) is 3. The maximum Gasteiger partial charge on any atom is 0.316 e. The number of carbonyl (C=O) groups is 18. The zero-order valence-corrected chi connectivity index (χ0v) is 87.6. The Balaban J connectivity index is 0.000000206. The summed E-state index contributed by atoms with van der Waals surface area (Å²) >= 11 is 0. The molecule has 41 heteroatoms. The second kappa shape index (κ2) is 44.1. The first kappa shape index (κ1) is 112. The van der Waals surface area contributed by atoms with Gasteiger partial charge in [-0.1, -0.05) is 196 Å². The van der Waals surface area contributed by atoms with Crippen LogP contribution in [0.3, 0.4) is 0 Å². The summed E-state index contributed by atoms with van der Waals surface area (Å²) in [5.41, 5.74) is 13.5. The number of nitrogens with two attached hydrogens (primary N) is 3. The van der Waals surface area contributed by atoms with Gasteiger partial charge in [-0.3, -0.25) is 71.9 Å². The number of urea groups is 3. The number of halogens is 1. The molecule has 0 radical (unpaired) electrons. The molecule has 1 aromatic heterocycles. The topological polar surface area (TPSA) is 554 Å². The summed E-state index contributed by atoms with van der Waals surface area (Å²) < 4.78 is 14.4. The number of aromatic nitrogens is 2. The molecular weight excluding hydrogens is 1840 g/mol. The third-order valence-corrected chi connectivity index (χ3v) is 31.2. The number of nitrogens with zero attached hydrogens (tertiary/aromatic N) is 9. The largest absolute Gasteiger partial charge is 0.366 e. The van der Waals surface area contributed by atoms with Crippen LogP contribution in [0.15, 0.2) is 42.7 Å². The van der Waals surface area contributed by atoms with Crippen molar-refractivity contribution in [2.45, 2.75) is 296 Å². The van der Waals surface area contributed by atoms with Gasteiger partial charge in [-0.15, -0.1) is 0 Å². The van der Waals surface area contributed by atoms with Gasteiger partial charge in [-0.05, 0) is 155 Å². The molecular formula is C102H157FN22O18. The van der Waals surface area contributed by atoms with Crippen molar-refractivity contribution >= 4 is 118 Å². The molecule has 3 unspecified atom stereocenters. The predicted molar refractivity (Wildman–Crippen MR) is 529 cm³/mol. The molecule has 40 nitrogen and oxygen atoms in total. The average Bonchev–Trinajstić information content (AvgIpc) is 1.53. The summed E-state index contributed by atoms with van der Waals surface area (Å²) in [6.45, 7) is 47.7. The van der Waals surface area contributed by atoms with E-state index in [0.717, 1.165) is 38.5 Å². The quantitative estimate of drug-likeness (QED) is 0.0432. The number of piperazine rings is 2. The van der Waals surface area contributed by atoms with Crippen LogP contribution in [-0.2, 0) is 71.9 Å². The summed E-state index contributed by atoms with van der Waals surface area (Å²) in [5, 5.41) is 27.9. The lowest BCUT2D eigenvalue weighted by Crippen LogP contribution is -2.63. The first-order valence-electron chi connectivity index (χ1n) is 50.9. The summed E-state index contributed by atoms with van der Waals surface area (Å²) in [7, 11) is 0. The fourth-order valence-corrected chi connectivity index (χ4v) is 21.7. The molecule has 2 aromatic rings. The molecule has 18 amide bonds. The number of carbonyl (C=O) groups excluding carboxylic acids is 18. The highest BCUT2D eigenvalue weighted by atomic mass is 19.1. The number of ketones is 3. The Morgan fingerprint density at radius 1 is 0.378 bits per heavy atom. The van der Waals surface area contributed by atoms with Crippen LogP contribution in [0.5, 0.6) is 0 Å². The monoisotopic (exact) mass is 2000 g/mol. The van der Waals surface area contributed by atoms with E-state index in [1.807, 2.05) is 169 Å². The van der Waals surface area contributed by atoms with Crippen molar-refractivity contribution in [3.8, 4) is 0 Å². The number of hydrogen-bond donors (Lipinski definition) is 13. The zero-order valence-electron chi connectivity index (χ0n) is 87.6. The molecule has 16 N–H and O–H groups in total. The highest BCUT2D eigenvalue weighted by molar-refractivity contribution is 6.39. The molecule has 143 heavy (non-hydrogen) atoms. The third-order valence-electron chi connectivity index (χ3n) is 31.2. The number of para-hydroxylation sites is 1. The minimum absolute atomic E-state index is 0.0437. The van der Waals surface area contributed by atoms with E-state index < -0.39 is 177 Å². The van der Waals surface area contributed by atoms with E-state index in [4.69, 9.17) is 17.2 Å². The minimum atomic E-state index is -1.11. The molecule has 13 rings (SSSR count). The lowest BCUT2D eigenvalue weighted by molar-refractivity contribution is -0.145. The van der Waals surface area contributed by atoms with Crippen LogP contribution in [0, 0.1) is 109 Å². The number of anilines is 2. The fourth-order valence-electron chi connectivity index (χ4n) is 21.7. The van der Waals surface area contributed by atoms with Gasteiger partial charge in [0, 0.05) is 90.4 Å². The lowest BCUT2D eigenvalue weighted by atomic mass is 9.85. The van der Waals surface area contributed by atoms with Crippen molar-refractivity contribution in [2.24, 2.45) is 121 Å². The van der Waals surface area contributed by atoms with Gasteiger partial charge in [-0.2, -0.15) is 0 Å². The molecule has 6 saturated carbocycles. The van der Waals surface area contributed by atoms with E-state index in [0.29, 0.717) is 103 Å². The molecule has 6 heterocycles. The van der Waals surface area contributed by atoms with Crippen molar-refractivity contribution in [3.63, 3.8) is 0 Å². The maximum atomic E-state index is 14.4. The van der Waals surface area contributed by atoms with Gasteiger partial charge in [0.2, 0.25) is 76.5 Å². The number of primary amides is 3. The van der Waals surface area contributed by atoms with Crippen LogP contribution < -0.4 is 80.2 Å². The van der Waals surface area contributed by atoms with Gasteiger partial charge in [0.25, 0.3) is 17.7 Å². The smallest absolute Gasteiger partial charge is 0.316 e. The number of amides is 18. The second-order valence-corrected chi connectivity index (χ2v) is 47.8. The van der Waals surface area contributed by atoms with E-state index in [1.165, 1.54) is 20.8 Å². The number of fused-ring (bicyclic) bond motifs is 3. The maximum absolute atomic E-state index is 14.4. The molecule has 0 bridgehead atoms. The normalized spacial score (nSPS) is 24.5. The number of hydrogen-bond acceptors (Lipinski definition) is 22. The molecule has 1 aromatic carbocycles. The van der Waals surface area contributed by atoms with Crippen LogP contribution in [0.4, 0.5) is 30.4 Å². The minimum Gasteiger partial charge on any atom is -0.366 e. The Morgan fingerprint density at radius 3 is 0.930 bits per heavy atom. The standard InChI is InChI=1S/C37H54FN7O6.C35H53N9O6.C30H50N6O6/c1-20(2)27(33(49)44-16-14-43(15-17-44)25-11-9-8-10-23(25)38)41-35(51)42-30(36(3,4)5)34(50)45-19-22-26(37(22,6)7)28(45)32(48)40-24(18-21-12-13-21)29(46)31(39)47;1-19(2)24(30(48)42-13-15-43(16-14-42)32-37-11-8-12-38-32)40-33(50)41-27(34(3,4)5)31(49)44-18-21-23(35(21,6)7)25(44)29(47)39-22(17-20-9-10-20)26(45)28(36)46;1-14(2)20(25(39)32-15(3)4)34-28(42)35-23(29(5,6)7)27(41)36-13-17-19(30(17,8)9)21(36)26(40)33-18(12-16-10-11-16)22(37)24(31)38/h8-11,20-22,24,26-28,30H,12-19H2,1-7H3,(H2,39,47)(H,40,48)(H2,41,42,51);8,11-12,19-25,27H,9-10,13-18H2,1-7H3,(H2,36,46)(H,39,47)(H2,40,41,50);14-21,23H,10-13H2,1-9H3,(H2,31,38)(H,32,39)(H,33,40)(H2,34,35,42)/t22-,24?,26-,27-,28-,30+;21-,22?,23-,24-,25-,27+;17-,18?,19-,20-,21-,23+/m000/s1. The van der Waals surface area contributed by atoms with Gasteiger partial charge in [0.1, 0.15) is 60.2 Å². The molecule has 11 fully saturated rings. The van der Waals surface area contributed by atoms with Crippen LogP contribution >= 0.6 is 0 Å². The number of piperidine rings is 3. The average molecular weight is 2000 g/mol. The molecule has 11 aliphatic rings. The molecule has 0 spiro atoms. The van der Waals surface area contributed by atoms with Crippen LogP contribution in [0.2, 0.25) is 0 Å². The van der Waals surface area contributed by atoms with Crippen molar-refractivity contribution < 1.29 is 90.7 Å². The highest BCUT2D eigenvalue weighted by Crippen LogP contribution is 2.67. The first-order chi connectivity index (χ1) is 66.5. The zero-order chi connectivity index (χ0) is 106. The van der Waals surface area contributed by atoms with Gasteiger partial charge in [-0.25, -0.2) is 28.7 Å². The van der Waals surface area contributed by atoms with Gasteiger partial charge < -0.3 is 105 Å². The molecule has 6 aliphatic carbocycles. The Labute approximate surface area is 838 Å². The summed E-state index contributed by atoms with van der Waals surface area (Å²) in [6.07, 6.45) is 9.79. The van der Waals surface area contributed by atoms with Crippen LogP contribution in [0.25, 0.3) is 0 Å². The van der Waals surface area contributed by atoms with E-state index in [1.54, 1.807) is 46.5 Å². The number of Topliss-reactive ketones (excluding diaryl/α,β-unsaturated/α-hetero) is 3. The SMILES string of the molecule is CC(C)NC(=O)[C@@H](NC(=O)N[C@H](C(=O)N1C[C@H]2[C@@H]([C@H]1C(=O)NC(CC1CC1)C(=O)C(N)=O)C2(C)C)C(C)(C)C)C(C)C.CC(C)[C@H](NC(=O)N[C@H](C(=O)N1C[C@H]2[C@@H]([C@H]1C(=O)NC(CC1CC1)C(=O)C(N)=O)C2(C)C)C(C)(C)C)C(=O)N1CCN(c2ccccc2F)CC1.CC(C)[C@H](NC(=O)N[C@H](C(=O)N1C[C@H]2[C@@H]([C@H]1C(=O)NC(CC1CC1)C(=O)C(N)=O)C2(C)C)C(C)(C)C)C(=O)N1CCN(c2ncccn2)CC1. The van der Waals surface area contributed by atoms with Crippen molar-refractivity contribution in [3.05, 3.63) is 48.5 Å². The fraction of sp³-hybridized carbons (Fsp3) is 0.725. The Hall–Kier alpha value is -11.7. The van der Waals surface area contributed by atoms with E-state index in [9.17, 15) is 90.7 Å². The second-order valence-electron chi connectivity index (χ2n) is 47.8. The van der Waals surface area contributed by atoms with Crippen LogP contribution in [0.1, 0.15) is 217 Å². The van der Waals surface area contributed by atoms with Crippen LogP contribution in [-0.4, -0.2) is 291 Å². The van der Waals surface area contributed by atoms with Crippen molar-refractivity contribution in [2.75, 3.05) is 81.8 Å². The van der Waals surface area contributed by atoms with Gasteiger partial charge >= 0.3 is 18.1 Å². The van der Waals surface area contributed by atoms with Gasteiger partial charge in [0.05, 0.1) is 23.8 Å². The Morgan fingerprint density at radius 2 is 0.664 bits per heavy atom.